The predicted octanol–water partition coefficient (Wildman–Crippen LogP) is -5.66. The number of hydrogen-bond acceptors (Lipinski definition) is 13. The molecule has 0 amide bonds. The van der Waals surface area contributed by atoms with E-state index in [1.807, 2.05) is 0 Å². The van der Waals surface area contributed by atoms with E-state index < -0.39 is 73.8 Å². The first kappa shape index (κ1) is 22.2. The van der Waals surface area contributed by atoms with Crippen molar-refractivity contribution in [3.63, 3.8) is 0 Å². The van der Waals surface area contributed by atoms with Crippen molar-refractivity contribution < 1.29 is 64.5 Å². The zero-order valence-electron chi connectivity index (χ0n) is 14.7. The summed E-state index contributed by atoms with van der Waals surface area (Å²) >= 11 is 0. The van der Waals surface area contributed by atoms with Crippen molar-refractivity contribution in [2.24, 2.45) is 0 Å². The SMILES string of the molecule is OC1OC[C@H](OC2OC[C@@H](OC3OC[C@H](O)[C@H](O)[C@@H]3O)[C@@H](O)C2O)[C@H](O)[C@@H]1O. The van der Waals surface area contributed by atoms with Gasteiger partial charge in [-0.2, -0.15) is 0 Å². The minimum atomic E-state index is -1.63. The van der Waals surface area contributed by atoms with Crippen molar-refractivity contribution in [2.75, 3.05) is 19.8 Å². The van der Waals surface area contributed by atoms with E-state index in [9.17, 15) is 40.9 Å². The van der Waals surface area contributed by atoms with E-state index in [2.05, 4.69) is 0 Å². The van der Waals surface area contributed by atoms with Crippen LogP contribution in [-0.2, 0) is 23.7 Å². The highest BCUT2D eigenvalue weighted by molar-refractivity contribution is 4.89. The molecule has 0 aromatic carbocycles. The van der Waals surface area contributed by atoms with Gasteiger partial charge < -0.3 is 64.5 Å². The molecule has 3 rings (SSSR count). The maximum atomic E-state index is 10.3. The fourth-order valence-electron chi connectivity index (χ4n) is 3.15. The molecule has 13 heteroatoms. The molecule has 0 aliphatic carbocycles. The molecule has 0 radical (unpaired) electrons. The Hall–Kier alpha value is -0.520. The first-order valence-corrected chi connectivity index (χ1v) is 8.81. The van der Waals surface area contributed by atoms with E-state index in [1.165, 1.54) is 0 Å². The van der Waals surface area contributed by atoms with Crippen LogP contribution in [0.1, 0.15) is 0 Å². The summed E-state index contributed by atoms with van der Waals surface area (Å²) in [6.45, 7) is -0.887. The summed E-state index contributed by atoms with van der Waals surface area (Å²) in [4.78, 5) is 0. The Kier molecular flexibility index (Phi) is 7.20. The topological polar surface area (TPSA) is 208 Å². The van der Waals surface area contributed by atoms with Gasteiger partial charge >= 0.3 is 0 Å². The Labute approximate surface area is 159 Å². The summed E-state index contributed by atoms with van der Waals surface area (Å²) in [5.41, 5.74) is 0. The molecule has 3 aliphatic heterocycles. The standard InChI is InChI=1S/C15H26O13/c16-4-1-25-14(11(21)7(4)17)28-6-3-26-15(12(22)9(6)19)27-5-2-24-13(23)10(20)8(5)18/h4-23H,1-3H2/t4-,5-,6+,7-,8-,9+,10-,11-,12?,13?,14?,15?/m0/s1. The molecule has 0 saturated carbocycles. The Morgan fingerprint density at radius 1 is 0.500 bits per heavy atom. The van der Waals surface area contributed by atoms with Crippen LogP contribution in [0.3, 0.4) is 0 Å². The zero-order chi connectivity index (χ0) is 20.6. The minimum Gasteiger partial charge on any atom is -0.388 e. The number of aliphatic hydroxyl groups excluding tert-OH is 8. The van der Waals surface area contributed by atoms with Gasteiger partial charge in [0.25, 0.3) is 0 Å². The molecule has 13 nitrogen and oxygen atoms in total. The molecular formula is C15H26O13. The van der Waals surface area contributed by atoms with Crippen molar-refractivity contribution in [3.8, 4) is 0 Å². The van der Waals surface area contributed by atoms with E-state index in [4.69, 9.17) is 23.7 Å². The lowest BCUT2D eigenvalue weighted by Gasteiger charge is -2.43. The van der Waals surface area contributed by atoms with Crippen LogP contribution in [0.15, 0.2) is 0 Å². The van der Waals surface area contributed by atoms with Gasteiger partial charge in [0.05, 0.1) is 19.8 Å². The molecule has 4 unspecified atom stereocenters. The maximum absolute atomic E-state index is 10.3. The summed E-state index contributed by atoms with van der Waals surface area (Å²) in [5.74, 6) is 0. The Bertz CT molecular complexity index is 464. The smallest absolute Gasteiger partial charge is 0.186 e. The van der Waals surface area contributed by atoms with Gasteiger partial charge in [-0.3, -0.25) is 0 Å². The molecule has 3 aliphatic rings. The lowest BCUT2D eigenvalue weighted by Crippen LogP contribution is -2.61. The van der Waals surface area contributed by atoms with Gasteiger partial charge in [0.1, 0.15) is 54.9 Å². The number of hydrogen-bond donors (Lipinski definition) is 8. The van der Waals surface area contributed by atoms with Crippen LogP contribution in [0.25, 0.3) is 0 Å². The molecule has 3 heterocycles. The van der Waals surface area contributed by atoms with Gasteiger partial charge in [-0.1, -0.05) is 0 Å². The fourth-order valence-corrected chi connectivity index (χ4v) is 3.15. The lowest BCUT2D eigenvalue weighted by molar-refractivity contribution is -0.346. The maximum Gasteiger partial charge on any atom is 0.186 e. The monoisotopic (exact) mass is 414 g/mol. The van der Waals surface area contributed by atoms with Crippen molar-refractivity contribution in [3.05, 3.63) is 0 Å². The fraction of sp³-hybridized carbons (Fsp3) is 1.00. The lowest BCUT2D eigenvalue weighted by atomic mass is 10.0. The quantitative estimate of drug-likeness (QED) is 0.216. The zero-order valence-corrected chi connectivity index (χ0v) is 14.7. The van der Waals surface area contributed by atoms with Gasteiger partial charge in [-0.15, -0.1) is 0 Å². The van der Waals surface area contributed by atoms with Gasteiger partial charge in [-0.25, -0.2) is 0 Å². The van der Waals surface area contributed by atoms with Gasteiger partial charge in [0.2, 0.25) is 0 Å². The third-order valence-corrected chi connectivity index (χ3v) is 4.96. The van der Waals surface area contributed by atoms with E-state index >= 15 is 0 Å². The van der Waals surface area contributed by atoms with Gasteiger partial charge in [0.15, 0.2) is 18.9 Å². The highest BCUT2D eigenvalue weighted by atomic mass is 16.7. The highest BCUT2D eigenvalue weighted by Gasteiger charge is 2.47. The van der Waals surface area contributed by atoms with Crippen LogP contribution in [0.5, 0.6) is 0 Å². The Morgan fingerprint density at radius 2 is 0.964 bits per heavy atom. The van der Waals surface area contributed by atoms with Crippen LogP contribution >= 0.6 is 0 Å². The summed E-state index contributed by atoms with van der Waals surface area (Å²) < 4.78 is 25.9. The van der Waals surface area contributed by atoms with Crippen LogP contribution in [-0.4, -0.2) is 134 Å². The second-order valence-electron chi connectivity index (χ2n) is 6.99. The van der Waals surface area contributed by atoms with Crippen molar-refractivity contribution >= 4 is 0 Å². The minimum absolute atomic E-state index is 0.287. The van der Waals surface area contributed by atoms with E-state index in [1.54, 1.807) is 0 Å². The second kappa shape index (κ2) is 9.09. The van der Waals surface area contributed by atoms with Crippen LogP contribution in [0.4, 0.5) is 0 Å². The van der Waals surface area contributed by atoms with Gasteiger partial charge in [-0.05, 0) is 0 Å². The van der Waals surface area contributed by atoms with Crippen LogP contribution in [0, 0.1) is 0 Å². The highest BCUT2D eigenvalue weighted by Crippen LogP contribution is 2.26. The molecule has 164 valence electrons. The molecule has 0 spiro atoms. The average molecular weight is 414 g/mol. The third-order valence-electron chi connectivity index (χ3n) is 4.96. The molecule has 8 N–H and O–H groups in total. The third kappa shape index (κ3) is 4.46. The predicted molar refractivity (Wildman–Crippen MR) is 83.2 cm³/mol. The first-order chi connectivity index (χ1) is 13.2. The Morgan fingerprint density at radius 3 is 1.57 bits per heavy atom. The molecule has 0 aromatic heterocycles. The summed E-state index contributed by atoms with van der Waals surface area (Å²) in [6.07, 6.45) is -17.3. The summed E-state index contributed by atoms with van der Waals surface area (Å²) in [6, 6.07) is 0. The molecular weight excluding hydrogens is 388 g/mol. The van der Waals surface area contributed by atoms with Crippen molar-refractivity contribution in [2.45, 2.75) is 73.8 Å². The second-order valence-corrected chi connectivity index (χ2v) is 6.99. The molecule has 0 bridgehead atoms. The number of rotatable bonds is 4. The van der Waals surface area contributed by atoms with E-state index in [0.29, 0.717) is 0 Å². The van der Waals surface area contributed by atoms with Crippen molar-refractivity contribution in [1.82, 2.24) is 0 Å². The largest absolute Gasteiger partial charge is 0.388 e. The molecule has 12 atom stereocenters. The number of aliphatic hydroxyl groups is 8. The van der Waals surface area contributed by atoms with Crippen LogP contribution in [0.2, 0.25) is 0 Å². The first-order valence-electron chi connectivity index (χ1n) is 8.81. The average Bonchev–Trinajstić information content (AvgIpc) is 2.68. The molecule has 0 aromatic rings. The molecule has 28 heavy (non-hydrogen) atoms. The summed E-state index contributed by atoms with van der Waals surface area (Å²) in [7, 11) is 0. The van der Waals surface area contributed by atoms with Gasteiger partial charge in [0, 0.05) is 0 Å². The molecule has 3 saturated heterocycles. The van der Waals surface area contributed by atoms with Crippen molar-refractivity contribution in [1.29, 1.82) is 0 Å². The van der Waals surface area contributed by atoms with E-state index in [0.717, 1.165) is 0 Å². The normalized spacial score (nSPS) is 53.1. The number of ether oxygens (including phenoxy) is 5. The molecule has 3 fully saturated rings. The Balaban J connectivity index is 1.54. The van der Waals surface area contributed by atoms with E-state index in [-0.39, 0.29) is 19.8 Å². The summed E-state index contributed by atoms with van der Waals surface area (Å²) in [5, 5.41) is 78.3. The van der Waals surface area contributed by atoms with Crippen LogP contribution < -0.4 is 0 Å².